The fourth-order valence-electron chi connectivity index (χ4n) is 1.60. The zero-order chi connectivity index (χ0) is 15.6. The van der Waals surface area contributed by atoms with E-state index in [1.807, 2.05) is 6.92 Å². The van der Waals surface area contributed by atoms with Gasteiger partial charge in [0, 0.05) is 0 Å². The minimum atomic E-state index is -3.68. The fraction of sp³-hybridized carbons (Fsp3) is 0.571. The molecular formula is C14H23NO4S. The Morgan fingerprint density at radius 2 is 2.00 bits per heavy atom. The minimum Gasteiger partial charge on any atom is -0.494 e. The highest BCUT2D eigenvalue weighted by molar-refractivity contribution is 7.89. The van der Waals surface area contributed by atoms with Crippen LogP contribution in [0, 0.1) is 6.92 Å². The molecule has 1 unspecified atom stereocenters. The third-order valence-corrected chi connectivity index (χ3v) is 4.87. The molecule has 0 fully saturated rings. The summed E-state index contributed by atoms with van der Waals surface area (Å²) in [6.07, 6.45) is -0.805. The lowest BCUT2D eigenvalue weighted by atomic mass is 10.0. The van der Waals surface area contributed by atoms with Crippen molar-refractivity contribution >= 4 is 10.0 Å². The molecule has 6 heteroatoms. The van der Waals surface area contributed by atoms with E-state index in [0.29, 0.717) is 12.4 Å². The number of rotatable bonds is 6. The van der Waals surface area contributed by atoms with Crippen molar-refractivity contribution in [3.8, 4) is 5.75 Å². The molecule has 0 bridgehead atoms. The lowest BCUT2D eigenvalue weighted by molar-refractivity contribution is 0.111. The Morgan fingerprint density at radius 1 is 1.40 bits per heavy atom. The molecule has 0 aliphatic rings. The summed E-state index contributed by atoms with van der Waals surface area (Å²) in [4.78, 5) is 0.159. The van der Waals surface area contributed by atoms with Gasteiger partial charge in [-0.05, 0) is 58.4 Å². The Hall–Kier alpha value is -1.11. The SMILES string of the molecule is CCOc1ccc(S(=O)(=O)NC(C)(C)C(C)O)cc1C. The molecule has 1 rings (SSSR count). The third kappa shape index (κ3) is 3.94. The topological polar surface area (TPSA) is 75.6 Å². The molecule has 0 radical (unpaired) electrons. The molecule has 5 nitrogen and oxygen atoms in total. The van der Waals surface area contributed by atoms with E-state index in [-0.39, 0.29) is 4.90 Å². The summed E-state index contributed by atoms with van der Waals surface area (Å²) in [5.41, 5.74) is -0.185. The second-order valence-corrected chi connectivity index (χ2v) is 7.05. The van der Waals surface area contributed by atoms with Gasteiger partial charge in [0.15, 0.2) is 0 Å². The predicted octanol–water partition coefficient (Wildman–Crippen LogP) is 1.83. The monoisotopic (exact) mass is 301 g/mol. The van der Waals surface area contributed by atoms with Gasteiger partial charge in [-0.2, -0.15) is 0 Å². The van der Waals surface area contributed by atoms with Crippen LogP contribution in [0.15, 0.2) is 23.1 Å². The van der Waals surface area contributed by atoms with E-state index in [4.69, 9.17) is 4.74 Å². The molecule has 114 valence electrons. The number of hydrogen-bond donors (Lipinski definition) is 2. The van der Waals surface area contributed by atoms with Gasteiger partial charge in [-0.1, -0.05) is 0 Å². The highest BCUT2D eigenvalue weighted by Gasteiger charge is 2.30. The van der Waals surface area contributed by atoms with Gasteiger partial charge >= 0.3 is 0 Å². The molecular weight excluding hydrogens is 278 g/mol. The molecule has 0 amide bonds. The number of aliphatic hydroxyl groups excluding tert-OH is 1. The van der Waals surface area contributed by atoms with Crippen LogP contribution in [0.5, 0.6) is 5.75 Å². The number of benzene rings is 1. The molecule has 0 spiro atoms. The van der Waals surface area contributed by atoms with E-state index in [1.165, 1.54) is 6.07 Å². The normalized spacial score (nSPS) is 14.1. The van der Waals surface area contributed by atoms with Crippen LogP contribution in [0.2, 0.25) is 0 Å². The molecule has 1 atom stereocenters. The maximum absolute atomic E-state index is 12.3. The van der Waals surface area contributed by atoms with E-state index >= 15 is 0 Å². The number of sulfonamides is 1. The molecule has 20 heavy (non-hydrogen) atoms. The molecule has 1 aromatic rings. The molecule has 0 aromatic heterocycles. The number of nitrogens with one attached hydrogen (secondary N) is 1. The summed E-state index contributed by atoms with van der Waals surface area (Å²) in [5.74, 6) is 0.668. The first kappa shape index (κ1) is 16.9. The van der Waals surface area contributed by atoms with E-state index in [1.54, 1.807) is 39.8 Å². The fourth-order valence-corrected chi connectivity index (χ4v) is 3.16. The Kier molecular flexibility index (Phi) is 5.18. The van der Waals surface area contributed by atoms with Crippen LogP contribution >= 0.6 is 0 Å². The van der Waals surface area contributed by atoms with Gasteiger partial charge < -0.3 is 9.84 Å². The van der Waals surface area contributed by atoms with Crippen molar-refractivity contribution < 1.29 is 18.3 Å². The zero-order valence-electron chi connectivity index (χ0n) is 12.6. The Bertz CT molecular complexity index is 565. The van der Waals surface area contributed by atoms with E-state index in [2.05, 4.69) is 4.72 Å². The predicted molar refractivity (Wildman–Crippen MR) is 78.4 cm³/mol. The van der Waals surface area contributed by atoms with Crippen LogP contribution < -0.4 is 9.46 Å². The Morgan fingerprint density at radius 3 is 2.45 bits per heavy atom. The van der Waals surface area contributed by atoms with Crippen LogP contribution in [0.25, 0.3) is 0 Å². The maximum Gasteiger partial charge on any atom is 0.241 e. The third-order valence-electron chi connectivity index (χ3n) is 3.20. The first-order chi connectivity index (χ1) is 9.10. The van der Waals surface area contributed by atoms with Crippen LogP contribution in [0.3, 0.4) is 0 Å². The van der Waals surface area contributed by atoms with Crippen molar-refractivity contribution in [2.45, 2.75) is 51.2 Å². The van der Waals surface area contributed by atoms with Crippen LogP contribution in [-0.2, 0) is 10.0 Å². The minimum absolute atomic E-state index is 0.159. The van der Waals surface area contributed by atoms with Gasteiger partial charge in [0.25, 0.3) is 0 Å². The van der Waals surface area contributed by atoms with Gasteiger partial charge in [0.1, 0.15) is 5.75 Å². The average Bonchev–Trinajstić information content (AvgIpc) is 2.30. The largest absolute Gasteiger partial charge is 0.494 e. The quantitative estimate of drug-likeness (QED) is 0.840. The van der Waals surface area contributed by atoms with E-state index < -0.39 is 21.7 Å². The number of aryl methyl sites for hydroxylation is 1. The average molecular weight is 301 g/mol. The van der Waals surface area contributed by atoms with Gasteiger partial charge in [-0.15, -0.1) is 0 Å². The first-order valence-electron chi connectivity index (χ1n) is 6.55. The Labute approximate surface area is 121 Å². The van der Waals surface area contributed by atoms with Crippen molar-refractivity contribution in [2.24, 2.45) is 0 Å². The molecule has 0 heterocycles. The van der Waals surface area contributed by atoms with Crippen molar-refractivity contribution in [2.75, 3.05) is 6.61 Å². The van der Waals surface area contributed by atoms with Crippen molar-refractivity contribution in [1.82, 2.24) is 4.72 Å². The molecule has 0 aliphatic heterocycles. The van der Waals surface area contributed by atoms with Gasteiger partial charge in [0.05, 0.1) is 23.1 Å². The molecule has 2 N–H and O–H groups in total. The second-order valence-electron chi connectivity index (χ2n) is 5.36. The van der Waals surface area contributed by atoms with E-state index in [0.717, 1.165) is 5.56 Å². The standard InChI is InChI=1S/C14H23NO4S/c1-6-19-13-8-7-12(9-10(13)2)20(17,18)15-14(4,5)11(3)16/h7-9,11,15-16H,6H2,1-5H3. The zero-order valence-corrected chi connectivity index (χ0v) is 13.4. The van der Waals surface area contributed by atoms with E-state index in [9.17, 15) is 13.5 Å². The Balaban J connectivity index is 3.08. The molecule has 0 saturated heterocycles. The smallest absolute Gasteiger partial charge is 0.241 e. The summed E-state index contributed by atoms with van der Waals surface area (Å²) in [7, 11) is -3.68. The summed E-state index contributed by atoms with van der Waals surface area (Å²) < 4.78 is 32.5. The molecule has 0 saturated carbocycles. The summed E-state index contributed by atoms with van der Waals surface area (Å²) in [6.45, 7) is 9.01. The van der Waals surface area contributed by atoms with Crippen molar-refractivity contribution in [3.05, 3.63) is 23.8 Å². The van der Waals surface area contributed by atoms with Crippen molar-refractivity contribution in [3.63, 3.8) is 0 Å². The summed E-state index contributed by atoms with van der Waals surface area (Å²) >= 11 is 0. The highest BCUT2D eigenvalue weighted by Crippen LogP contribution is 2.23. The summed E-state index contributed by atoms with van der Waals surface area (Å²) in [6, 6.07) is 4.70. The number of hydrogen-bond acceptors (Lipinski definition) is 4. The molecule has 0 aliphatic carbocycles. The highest BCUT2D eigenvalue weighted by atomic mass is 32.2. The van der Waals surface area contributed by atoms with Crippen molar-refractivity contribution in [1.29, 1.82) is 0 Å². The number of aliphatic hydroxyl groups is 1. The van der Waals surface area contributed by atoms with Gasteiger partial charge in [-0.3, -0.25) is 0 Å². The van der Waals surface area contributed by atoms with Crippen LogP contribution in [-0.4, -0.2) is 31.8 Å². The lowest BCUT2D eigenvalue weighted by Gasteiger charge is -2.29. The first-order valence-corrected chi connectivity index (χ1v) is 8.04. The van der Waals surface area contributed by atoms with Gasteiger partial charge in [-0.25, -0.2) is 13.1 Å². The lowest BCUT2D eigenvalue weighted by Crippen LogP contribution is -2.50. The van der Waals surface area contributed by atoms with Crippen LogP contribution in [0.1, 0.15) is 33.3 Å². The second kappa shape index (κ2) is 6.11. The van der Waals surface area contributed by atoms with Gasteiger partial charge in [0.2, 0.25) is 10.0 Å². The molecule has 1 aromatic carbocycles. The van der Waals surface area contributed by atoms with Crippen LogP contribution in [0.4, 0.5) is 0 Å². The summed E-state index contributed by atoms with van der Waals surface area (Å²) in [5, 5.41) is 9.61. The number of ether oxygens (including phenoxy) is 1. The maximum atomic E-state index is 12.3.